The predicted octanol–water partition coefficient (Wildman–Crippen LogP) is 3.99. The molecule has 4 spiro atoms. The lowest BCUT2D eigenvalue weighted by molar-refractivity contribution is -0.498. The highest BCUT2D eigenvalue weighted by atomic mass is 16.9. The molecular weight excluding hydrogens is 844 g/mol. The van der Waals surface area contributed by atoms with Crippen LogP contribution in [0.3, 0.4) is 0 Å². The van der Waals surface area contributed by atoms with Gasteiger partial charge in [-0.25, -0.2) is 4.79 Å². The smallest absolute Gasteiger partial charge is 0.338 e. The lowest BCUT2D eigenvalue weighted by Crippen LogP contribution is -2.99. The zero-order chi connectivity index (χ0) is 46.7. The molecule has 1 aromatic heterocycles. The van der Waals surface area contributed by atoms with Crippen LogP contribution in [0.25, 0.3) is 0 Å². The van der Waals surface area contributed by atoms with Crippen LogP contribution in [-0.4, -0.2) is 106 Å². The molecule has 348 valence electrons. The molecule has 19 nitrogen and oxygen atoms in total. The van der Waals surface area contributed by atoms with E-state index in [2.05, 4.69) is 0 Å². The maximum Gasteiger partial charge on any atom is 0.338 e. The van der Waals surface area contributed by atoms with Gasteiger partial charge in [0.2, 0.25) is 5.60 Å². The summed E-state index contributed by atoms with van der Waals surface area (Å²) in [5.41, 5.74) is -14.9. The monoisotopic (exact) mass is 898 g/mol. The molecule has 4 saturated carbocycles. The van der Waals surface area contributed by atoms with E-state index >= 15 is 4.79 Å². The van der Waals surface area contributed by atoms with Gasteiger partial charge < -0.3 is 56.9 Å². The number of hydrogen-bond donors (Lipinski definition) is 1. The molecule has 0 radical (unpaired) electrons. The molecule has 8 fully saturated rings. The van der Waals surface area contributed by atoms with Gasteiger partial charge in [-0.1, -0.05) is 48.5 Å². The Bertz CT molecular complexity index is 2300. The average molecular weight is 899 g/mol. The molecular formula is C45H54O19. The van der Waals surface area contributed by atoms with E-state index in [-0.39, 0.29) is 24.8 Å². The van der Waals surface area contributed by atoms with Gasteiger partial charge in [-0.15, -0.1) is 0 Å². The minimum Gasteiger partial charge on any atom is -0.512 e. The van der Waals surface area contributed by atoms with Crippen molar-refractivity contribution in [3.63, 3.8) is 0 Å². The second kappa shape index (κ2) is 13.5. The fourth-order valence-corrected chi connectivity index (χ4v) is 14.2. The summed E-state index contributed by atoms with van der Waals surface area (Å²) in [6.45, 7) is 15.4. The minimum atomic E-state index is -2.46. The van der Waals surface area contributed by atoms with Gasteiger partial charge >= 0.3 is 41.8 Å². The first kappa shape index (κ1) is 44.2. The van der Waals surface area contributed by atoms with Crippen molar-refractivity contribution >= 4 is 41.8 Å². The van der Waals surface area contributed by atoms with E-state index < -0.39 is 159 Å². The predicted molar refractivity (Wildman–Crippen MR) is 208 cm³/mol. The standard InChI is InChI=1S/C45H54O19/c1-12-25(49)28-29-39(10,30(56-21(6)46)24-13-14-54-16-24)31(58-33(51)19(2)3)32(59-34(52)20(4)5)45-41-18-55-27(50)15-26(41)38(9)17-42(41)44(61-23(8)48,36(38)57-22(7)47)37(60-35(28)53)43(29,45)63-40(11,62-42)64-45/h13-14,16,19-20,26,29-32,36-37,49H,12,15,17-18H2,1-11H3/t26-,29+,30+,31-,32+,36-,37-,38+,39+,40?,41+,42+,43+,44-,45-/m0/s1. The number of allylic oxidation sites excluding steroid dienone is 1. The number of aliphatic hydroxyl groups excluding tert-OH is 1. The summed E-state index contributed by atoms with van der Waals surface area (Å²) in [6.07, 6.45) is -6.90. The van der Waals surface area contributed by atoms with Crippen molar-refractivity contribution in [1.29, 1.82) is 0 Å². The highest BCUT2D eigenvalue weighted by Crippen LogP contribution is 2.91. The van der Waals surface area contributed by atoms with Crippen molar-refractivity contribution in [2.24, 2.45) is 39.9 Å². The summed E-state index contributed by atoms with van der Waals surface area (Å²) < 4.78 is 73.0. The summed E-state index contributed by atoms with van der Waals surface area (Å²) in [4.78, 5) is 99.1. The van der Waals surface area contributed by atoms with Gasteiger partial charge in [0.05, 0.1) is 40.8 Å². The topological polar surface area (TPSA) is 245 Å². The van der Waals surface area contributed by atoms with Crippen LogP contribution >= 0.6 is 0 Å². The Morgan fingerprint density at radius 3 is 2.09 bits per heavy atom. The van der Waals surface area contributed by atoms with Crippen LogP contribution in [0.4, 0.5) is 0 Å². The number of aliphatic hydroxyl groups is 1. The second-order valence-electron chi connectivity index (χ2n) is 19.8. The molecule has 19 heteroatoms. The summed E-state index contributed by atoms with van der Waals surface area (Å²) in [6, 6.07) is 1.49. The maximum atomic E-state index is 15.4. The summed E-state index contributed by atoms with van der Waals surface area (Å²) >= 11 is 0. The van der Waals surface area contributed by atoms with Crippen LogP contribution in [0, 0.1) is 39.9 Å². The number of carbonyl (C=O) groups excluding carboxylic acids is 7. The van der Waals surface area contributed by atoms with E-state index in [4.69, 9.17) is 51.8 Å². The number of esters is 7. The van der Waals surface area contributed by atoms with Crippen LogP contribution < -0.4 is 0 Å². The van der Waals surface area contributed by atoms with E-state index in [0.29, 0.717) is 0 Å². The van der Waals surface area contributed by atoms with Gasteiger partial charge in [-0.2, -0.15) is 0 Å². The number of carbonyl (C=O) groups is 7. The van der Waals surface area contributed by atoms with Crippen molar-refractivity contribution in [3.8, 4) is 0 Å². The zero-order valence-electron chi connectivity index (χ0n) is 37.6. The molecule has 0 amide bonds. The molecule has 5 heterocycles. The van der Waals surface area contributed by atoms with Crippen molar-refractivity contribution in [2.75, 3.05) is 6.61 Å². The second-order valence-corrected chi connectivity index (χ2v) is 19.8. The Balaban J connectivity index is 1.54. The highest BCUT2D eigenvalue weighted by Gasteiger charge is 3.09. The molecule has 1 unspecified atom stereocenters. The van der Waals surface area contributed by atoms with Crippen LogP contribution in [0.5, 0.6) is 0 Å². The van der Waals surface area contributed by atoms with Gasteiger partial charge in [0.15, 0.2) is 35.6 Å². The van der Waals surface area contributed by atoms with Crippen LogP contribution in [-0.2, 0) is 80.9 Å². The third kappa shape index (κ3) is 4.80. The molecule has 64 heavy (non-hydrogen) atoms. The van der Waals surface area contributed by atoms with E-state index in [1.54, 1.807) is 41.5 Å². The largest absolute Gasteiger partial charge is 0.512 e. The van der Waals surface area contributed by atoms with Crippen molar-refractivity contribution in [3.05, 3.63) is 35.5 Å². The van der Waals surface area contributed by atoms with Crippen molar-refractivity contribution in [1.82, 2.24) is 0 Å². The first-order valence-electron chi connectivity index (χ1n) is 21.7. The van der Waals surface area contributed by atoms with Gasteiger partial charge in [0.25, 0.3) is 5.97 Å². The lowest BCUT2D eigenvalue weighted by atomic mass is 9.31. The number of rotatable bonds is 10. The molecule has 8 aliphatic rings. The Hall–Kier alpha value is -5.01. The number of furan rings is 1. The Kier molecular flexibility index (Phi) is 9.34. The fourth-order valence-electron chi connectivity index (χ4n) is 14.2. The summed E-state index contributed by atoms with van der Waals surface area (Å²) in [5, 5.41) is 12.2. The van der Waals surface area contributed by atoms with Crippen LogP contribution in [0.2, 0.25) is 0 Å². The SMILES string of the molecule is CCC(O)=C1C(=O)O[C@@H]2[C@@]3(OC(C)=O)[C@@H](OC(C)=O)[C@]4(C)C[C@]35OC3(C)O[C@]26[C@H]1[C@](C)([C@H](OC(C)=O)c1ccoc1)[C@@H](OC(=O)C(C)C)[C@@H](OC(=O)C(C)C)[C@]6(O3)[C@@]51COC(=O)C[C@@H]41. The molecule has 15 atom stereocenters. The third-order valence-corrected chi connectivity index (χ3v) is 15.7. The van der Waals surface area contributed by atoms with E-state index in [1.807, 2.05) is 0 Å². The summed E-state index contributed by atoms with van der Waals surface area (Å²) in [7, 11) is 0. The van der Waals surface area contributed by atoms with Crippen molar-refractivity contribution < 1.29 is 90.5 Å². The first-order chi connectivity index (χ1) is 29.9. The first-order valence-corrected chi connectivity index (χ1v) is 21.7. The molecule has 4 aliphatic heterocycles. The van der Waals surface area contributed by atoms with Crippen LogP contribution in [0.15, 0.2) is 34.3 Å². The Morgan fingerprint density at radius 1 is 0.875 bits per heavy atom. The Morgan fingerprint density at radius 2 is 1.53 bits per heavy atom. The number of fused-ring (bicyclic) bond motifs is 4. The average Bonchev–Trinajstić information content (AvgIpc) is 3.91. The number of hydrogen-bond acceptors (Lipinski definition) is 19. The van der Waals surface area contributed by atoms with Gasteiger partial charge in [0, 0.05) is 57.4 Å². The van der Waals surface area contributed by atoms with E-state index in [0.717, 1.165) is 20.8 Å². The molecule has 4 aliphatic carbocycles. The molecule has 1 N–H and O–H groups in total. The van der Waals surface area contributed by atoms with E-state index in [9.17, 15) is 33.9 Å². The normalized spacial score (nSPS) is 45.1. The molecule has 1 aromatic rings. The maximum absolute atomic E-state index is 15.4. The number of cyclic esters (lactones) is 1. The highest BCUT2D eigenvalue weighted by molar-refractivity contribution is 5.93. The summed E-state index contributed by atoms with van der Waals surface area (Å²) in [5.74, 6) is -13.3. The molecule has 0 aromatic carbocycles. The third-order valence-electron chi connectivity index (χ3n) is 15.7. The zero-order valence-corrected chi connectivity index (χ0v) is 37.6. The van der Waals surface area contributed by atoms with Gasteiger partial charge in [-0.3, -0.25) is 28.8 Å². The lowest BCUT2D eigenvalue weighted by Gasteiger charge is -2.79. The Labute approximate surface area is 368 Å². The minimum absolute atomic E-state index is 0.155. The van der Waals surface area contributed by atoms with Crippen LogP contribution in [0.1, 0.15) is 107 Å². The fraction of sp³-hybridized carbons (Fsp3) is 0.711. The van der Waals surface area contributed by atoms with Crippen molar-refractivity contribution in [2.45, 2.75) is 154 Å². The van der Waals surface area contributed by atoms with Gasteiger partial charge in [0.1, 0.15) is 24.1 Å². The molecule has 4 saturated heterocycles. The number of ether oxygens (including phenoxy) is 10. The quantitative estimate of drug-likeness (QED) is 0.151. The van der Waals surface area contributed by atoms with Gasteiger partial charge in [-0.05, 0) is 18.4 Å². The molecule has 4 bridgehead atoms. The molecule has 9 rings (SSSR count). The van der Waals surface area contributed by atoms with E-state index in [1.165, 1.54) is 32.4 Å².